The van der Waals surface area contributed by atoms with E-state index in [4.69, 9.17) is 4.42 Å². The minimum Gasteiger partial charge on any atom is -0.418 e. The predicted molar refractivity (Wildman–Crippen MR) is 112 cm³/mol. The number of nitrogens with zero attached hydrogens (tertiary/aromatic N) is 5. The molecule has 3 heterocycles. The van der Waals surface area contributed by atoms with Gasteiger partial charge in [0.05, 0.1) is 22.7 Å². The summed E-state index contributed by atoms with van der Waals surface area (Å²) in [6, 6.07) is 7.89. The van der Waals surface area contributed by atoms with Crippen molar-refractivity contribution in [1.82, 2.24) is 20.1 Å². The Bertz CT molecular complexity index is 1020. The predicted octanol–water partition coefficient (Wildman–Crippen LogP) is 4.21. The van der Waals surface area contributed by atoms with Gasteiger partial charge in [-0.1, -0.05) is 24.8 Å². The molecule has 0 aliphatic carbocycles. The lowest BCUT2D eigenvalue weighted by molar-refractivity contribution is -0.129. The van der Waals surface area contributed by atoms with Crippen LogP contribution in [0.4, 0.5) is 0 Å². The van der Waals surface area contributed by atoms with Crippen LogP contribution < -0.4 is 0 Å². The SMILES string of the molecule is CCCN(Cc1nnc(-c2cccs2)o1)C(=O)CSc1nc(C)cc(C)c1C#N. The fourth-order valence-corrected chi connectivity index (χ4v) is 4.45. The van der Waals surface area contributed by atoms with Crippen molar-refractivity contribution in [3.8, 4) is 16.8 Å². The van der Waals surface area contributed by atoms with E-state index < -0.39 is 0 Å². The number of aromatic nitrogens is 3. The fourth-order valence-electron chi connectivity index (χ4n) is 2.81. The Hall–Kier alpha value is -2.70. The Morgan fingerprint density at radius 1 is 1.38 bits per heavy atom. The Labute approximate surface area is 177 Å². The van der Waals surface area contributed by atoms with E-state index in [0.717, 1.165) is 22.6 Å². The Balaban J connectivity index is 1.68. The van der Waals surface area contributed by atoms with Crippen LogP contribution in [0.3, 0.4) is 0 Å². The third-order valence-corrected chi connectivity index (χ3v) is 5.94. The third kappa shape index (κ3) is 5.22. The molecule has 0 atom stereocenters. The van der Waals surface area contributed by atoms with Gasteiger partial charge >= 0.3 is 0 Å². The second kappa shape index (κ2) is 9.67. The van der Waals surface area contributed by atoms with Crippen LogP contribution in [-0.2, 0) is 11.3 Å². The van der Waals surface area contributed by atoms with Crippen LogP contribution in [0.2, 0.25) is 0 Å². The summed E-state index contributed by atoms with van der Waals surface area (Å²) in [5, 5.41) is 20.1. The van der Waals surface area contributed by atoms with Gasteiger partial charge in [0.15, 0.2) is 0 Å². The molecule has 0 saturated carbocycles. The van der Waals surface area contributed by atoms with Gasteiger partial charge < -0.3 is 9.32 Å². The second-order valence-corrected chi connectivity index (χ2v) is 8.37. The highest BCUT2D eigenvalue weighted by Crippen LogP contribution is 2.25. The quantitative estimate of drug-likeness (QED) is 0.497. The fraction of sp³-hybridized carbons (Fsp3) is 0.350. The molecule has 1 amide bonds. The number of rotatable bonds is 8. The topological polar surface area (TPSA) is 95.9 Å². The minimum absolute atomic E-state index is 0.0578. The maximum atomic E-state index is 12.8. The number of hydrogen-bond acceptors (Lipinski definition) is 8. The van der Waals surface area contributed by atoms with Crippen LogP contribution in [0.15, 0.2) is 33.0 Å². The third-order valence-electron chi connectivity index (χ3n) is 4.13. The molecule has 0 N–H and O–H groups in total. The summed E-state index contributed by atoms with van der Waals surface area (Å²) in [7, 11) is 0. The zero-order chi connectivity index (χ0) is 20.8. The van der Waals surface area contributed by atoms with E-state index in [1.165, 1.54) is 23.1 Å². The molecule has 0 bridgehead atoms. The van der Waals surface area contributed by atoms with E-state index in [9.17, 15) is 10.1 Å². The number of nitriles is 1. The van der Waals surface area contributed by atoms with Gasteiger partial charge in [-0.15, -0.1) is 21.5 Å². The number of aryl methyl sites for hydroxylation is 2. The van der Waals surface area contributed by atoms with Crippen LogP contribution in [-0.4, -0.2) is 38.3 Å². The molecule has 0 aromatic carbocycles. The van der Waals surface area contributed by atoms with Crippen LogP contribution >= 0.6 is 23.1 Å². The Kier molecular flexibility index (Phi) is 7.01. The van der Waals surface area contributed by atoms with Gasteiger partial charge in [-0.3, -0.25) is 4.79 Å². The van der Waals surface area contributed by atoms with E-state index in [1.807, 2.05) is 44.4 Å². The summed E-state index contributed by atoms with van der Waals surface area (Å²) in [6.07, 6.45) is 0.813. The van der Waals surface area contributed by atoms with Gasteiger partial charge in [-0.2, -0.15) is 5.26 Å². The van der Waals surface area contributed by atoms with Gasteiger partial charge in [0.2, 0.25) is 11.8 Å². The highest BCUT2D eigenvalue weighted by atomic mass is 32.2. The maximum Gasteiger partial charge on any atom is 0.257 e. The summed E-state index contributed by atoms with van der Waals surface area (Å²) >= 11 is 2.81. The molecule has 0 radical (unpaired) electrons. The summed E-state index contributed by atoms with van der Waals surface area (Å²) in [4.78, 5) is 19.9. The zero-order valence-corrected chi connectivity index (χ0v) is 18.1. The van der Waals surface area contributed by atoms with Crippen molar-refractivity contribution in [3.05, 3.63) is 46.3 Å². The molecule has 0 spiro atoms. The average molecular weight is 428 g/mol. The molecule has 0 aliphatic rings. The van der Waals surface area contributed by atoms with Gasteiger partial charge in [-0.05, 0) is 43.3 Å². The van der Waals surface area contributed by atoms with Crippen molar-refractivity contribution >= 4 is 29.0 Å². The van der Waals surface area contributed by atoms with E-state index in [0.29, 0.717) is 28.9 Å². The number of pyridine rings is 1. The van der Waals surface area contributed by atoms with Crippen molar-refractivity contribution < 1.29 is 9.21 Å². The molecule has 29 heavy (non-hydrogen) atoms. The Morgan fingerprint density at radius 2 is 2.21 bits per heavy atom. The van der Waals surface area contributed by atoms with Crippen molar-refractivity contribution in [2.45, 2.75) is 38.8 Å². The normalized spacial score (nSPS) is 10.7. The van der Waals surface area contributed by atoms with Crippen LogP contribution in [0.25, 0.3) is 10.8 Å². The van der Waals surface area contributed by atoms with Crippen molar-refractivity contribution in [1.29, 1.82) is 5.26 Å². The van der Waals surface area contributed by atoms with Crippen molar-refractivity contribution in [3.63, 3.8) is 0 Å². The van der Waals surface area contributed by atoms with E-state index >= 15 is 0 Å². The van der Waals surface area contributed by atoms with E-state index in [-0.39, 0.29) is 18.2 Å². The molecule has 3 aromatic heterocycles. The summed E-state index contributed by atoms with van der Waals surface area (Å²) in [5.41, 5.74) is 2.22. The van der Waals surface area contributed by atoms with Crippen molar-refractivity contribution in [2.24, 2.45) is 0 Å². The molecular weight excluding hydrogens is 406 g/mol. The molecule has 9 heteroatoms. The Morgan fingerprint density at radius 3 is 2.90 bits per heavy atom. The first-order chi connectivity index (χ1) is 14.0. The summed E-state index contributed by atoms with van der Waals surface area (Å²) in [6.45, 7) is 6.61. The maximum absolute atomic E-state index is 12.8. The molecule has 0 fully saturated rings. The number of thiophene rings is 1. The minimum atomic E-state index is -0.0578. The smallest absolute Gasteiger partial charge is 0.257 e. The highest BCUT2D eigenvalue weighted by molar-refractivity contribution is 8.00. The van der Waals surface area contributed by atoms with E-state index in [2.05, 4.69) is 21.3 Å². The second-order valence-electron chi connectivity index (χ2n) is 6.45. The number of carbonyl (C=O) groups excluding carboxylic acids is 1. The van der Waals surface area contributed by atoms with Gasteiger partial charge in [0.1, 0.15) is 11.1 Å². The molecule has 3 aromatic rings. The van der Waals surface area contributed by atoms with Crippen LogP contribution in [0.5, 0.6) is 0 Å². The average Bonchev–Trinajstić information content (AvgIpc) is 3.37. The molecule has 0 saturated heterocycles. The van der Waals surface area contributed by atoms with Gasteiger partial charge in [0.25, 0.3) is 5.89 Å². The lowest BCUT2D eigenvalue weighted by Crippen LogP contribution is -2.32. The molecular formula is C20H21N5O2S2. The lowest BCUT2D eigenvalue weighted by atomic mass is 10.1. The standard InChI is InChI=1S/C20H21N5O2S2/c1-4-7-25(11-17-23-24-19(27-17)16-6-5-8-28-16)18(26)12-29-20-15(10-21)13(2)9-14(3)22-20/h5-6,8-9H,4,7,11-12H2,1-3H3. The summed E-state index contributed by atoms with van der Waals surface area (Å²) < 4.78 is 5.72. The molecule has 0 aliphatic heterocycles. The van der Waals surface area contributed by atoms with Gasteiger partial charge in [-0.25, -0.2) is 4.98 Å². The first-order valence-electron chi connectivity index (χ1n) is 9.17. The van der Waals surface area contributed by atoms with Gasteiger partial charge in [0, 0.05) is 12.2 Å². The largest absolute Gasteiger partial charge is 0.418 e. The van der Waals surface area contributed by atoms with Crippen LogP contribution in [0.1, 0.15) is 36.1 Å². The number of thioether (sulfide) groups is 1. The lowest BCUT2D eigenvalue weighted by Gasteiger charge is -2.20. The summed E-state index contributed by atoms with van der Waals surface area (Å²) in [5.74, 6) is 1.00. The molecule has 0 unspecified atom stereocenters. The molecule has 150 valence electrons. The van der Waals surface area contributed by atoms with Crippen LogP contribution in [0, 0.1) is 25.2 Å². The first kappa shape index (κ1) is 21.0. The van der Waals surface area contributed by atoms with Crippen molar-refractivity contribution in [2.75, 3.05) is 12.3 Å². The number of carbonyl (C=O) groups is 1. The number of amides is 1. The van der Waals surface area contributed by atoms with E-state index in [1.54, 1.807) is 4.90 Å². The molecule has 7 nitrogen and oxygen atoms in total. The number of hydrogen-bond donors (Lipinski definition) is 0. The zero-order valence-electron chi connectivity index (χ0n) is 16.5. The molecule has 3 rings (SSSR count). The first-order valence-corrected chi connectivity index (χ1v) is 11.0. The monoisotopic (exact) mass is 427 g/mol. The highest BCUT2D eigenvalue weighted by Gasteiger charge is 2.19.